The van der Waals surface area contributed by atoms with E-state index < -0.39 is 0 Å². The minimum atomic E-state index is -0.0651. The van der Waals surface area contributed by atoms with E-state index in [9.17, 15) is 4.79 Å². The van der Waals surface area contributed by atoms with Crippen LogP contribution < -0.4 is 0 Å². The van der Waals surface area contributed by atoms with Crippen LogP contribution in [0.1, 0.15) is 26.2 Å². The van der Waals surface area contributed by atoms with E-state index >= 15 is 0 Å². The maximum atomic E-state index is 10.7. The Balaban J connectivity index is 2.28. The van der Waals surface area contributed by atoms with E-state index in [0.29, 0.717) is 6.04 Å². The summed E-state index contributed by atoms with van der Waals surface area (Å²) in [7, 11) is 0. The van der Waals surface area contributed by atoms with E-state index in [1.165, 1.54) is 6.42 Å². The number of hydrogen-bond donors (Lipinski definition) is 1. The minimum absolute atomic E-state index is 0.0651. The molecular formula is C7H13NOS. The fourth-order valence-corrected chi connectivity index (χ4v) is 1.59. The van der Waals surface area contributed by atoms with Crippen LogP contribution in [0.25, 0.3) is 0 Å². The molecule has 0 spiro atoms. The van der Waals surface area contributed by atoms with Gasteiger partial charge in [-0.2, -0.15) is 0 Å². The van der Waals surface area contributed by atoms with Gasteiger partial charge in [-0.1, -0.05) is 26.0 Å². The molecular weight excluding hydrogens is 146 g/mol. The zero-order chi connectivity index (χ0) is 7.56. The van der Waals surface area contributed by atoms with Crippen molar-refractivity contribution in [1.82, 2.24) is 4.90 Å². The van der Waals surface area contributed by atoms with E-state index in [0.717, 1.165) is 19.4 Å². The third-order valence-electron chi connectivity index (χ3n) is 2.01. The van der Waals surface area contributed by atoms with Gasteiger partial charge in [0.05, 0.1) is 0 Å². The summed E-state index contributed by atoms with van der Waals surface area (Å²) in [6.07, 6.45) is 3.45. The van der Waals surface area contributed by atoms with E-state index in [1.807, 2.05) is 4.90 Å². The molecule has 0 aromatic rings. The Morgan fingerprint density at radius 3 is 2.80 bits per heavy atom. The Morgan fingerprint density at radius 1 is 1.80 bits per heavy atom. The SMILES string of the molecule is CCC[C@H]1CCN1C(=O)S. The maximum Gasteiger partial charge on any atom is 0.278 e. The summed E-state index contributed by atoms with van der Waals surface area (Å²) in [6.45, 7) is 3.05. The van der Waals surface area contributed by atoms with Gasteiger partial charge in [0.1, 0.15) is 0 Å². The molecule has 0 unspecified atom stereocenters. The Bertz CT molecular complexity index is 138. The van der Waals surface area contributed by atoms with Crippen LogP contribution in [-0.4, -0.2) is 22.7 Å². The van der Waals surface area contributed by atoms with Crippen LogP contribution in [0.4, 0.5) is 4.79 Å². The van der Waals surface area contributed by atoms with Crippen molar-refractivity contribution in [2.24, 2.45) is 0 Å². The van der Waals surface area contributed by atoms with E-state index in [2.05, 4.69) is 19.6 Å². The largest absolute Gasteiger partial charge is 0.331 e. The number of likely N-dealkylation sites (tertiary alicyclic amines) is 1. The normalized spacial score (nSPS) is 24.2. The first-order valence-corrected chi connectivity index (χ1v) is 4.20. The van der Waals surface area contributed by atoms with Gasteiger partial charge in [-0.15, -0.1) is 0 Å². The summed E-state index contributed by atoms with van der Waals surface area (Å²) in [6, 6.07) is 0.495. The van der Waals surface area contributed by atoms with Crippen LogP contribution in [0.2, 0.25) is 0 Å². The van der Waals surface area contributed by atoms with Gasteiger partial charge in [-0.25, -0.2) is 0 Å². The standard InChI is InChI=1S/C7H13NOS/c1-2-3-6-4-5-8(6)7(9)10/h6H,2-5H2,1H3,(H,9,10)/t6-/m0/s1. The Morgan fingerprint density at radius 2 is 2.50 bits per heavy atom. The number of amides is 1. The third-order valence-corrected chi connectivity index (χ3v) is 2.27. The second kappa shape index (κ2) is 3.28. The molecule has 1 heterocycles. The van der Waals surface area contributed by atoms with Crippen molar-refractivity contribution in [3.05, 3.63) is 0 Å². The van der Waals surface area contributed by atoms with Gasteiger partial charge in [0.2, 0.25) is 0 Å². The predicted molar refractivity (Wildman–Crippen MR) is 44.4 cm³/mol. The monoisotopic (exact) mass is 159 g/mol. The highest BCUT2D eigenvalue weighted by Gasteiger charge is 2.28. The Hall–Kier alpha value is -0.180. The molecule has 1 rings (SSSR count). The van der Waals surface area contributed by atoms with Crippen LogP contribution in [0, 0.1) is 0 Å². The van der Waals surface area contributed by atoms with Crippen molar-refractivity contribution >= 4 is 17.9 Å². The molecule has 1 fully saturated rings. The first-order valence-electron chi connectivity index (χ1n) is 3.75. The highest BCUT2D eigenvalue weighted by molar-refractivity contribution is 7.96. The summed E-state index contributed by atoms with van der Waals surface area (Å²) in [4.78, 5) is 12.5. The summed E-state index contributed by atoms with van der Waals surface area (Å²) >= 11 is 3.76. The molecule has 0 N–H and O–H groups in total. The van der Waals surface area contributed by atoms with Crippen molar-refractivity contribution in [3.8, 4) is 0 Å². The van der Waals surface area contributed by atoms with Crippen molar-refractivity contribution in [2.45, 2.75) is 32.2 Å². The number of carbonyl (C=O) groups excluding carboxylic acids is 1. The lowest BCUT2D eigenvalue weighted by Gasteiger charge is -2.39. The molecule has 0 aromatic carbocycles. The highest BCUT2D eigenvalue weighted by atomic mass is 32.1. The smallest absolute Gasteiger partial charge is 0.278 e. The maximum absolute atomic E-state index is 10.7. The van der Waals surface area contributed by atoms with Crippen molar-refractivity contribution in [2.75, 3.05) is 6.54 Å². The topological polar surface area (TPSA) is 20.3 Å². The highest BCUT2D eigenvalue weighted by Crippen LogP contribution is 2.22. The summed E-state index contributed by atoms with van der Waals surface area (Å²) in [5.74, 6) is 0. The number of rotatable bonds is 2. The summed E-state index contributed by atoms with van der Waals surface area (Å²) in [5, 5.41) is -0.0651. The first-order chi connectivity index (χ1) is 4.75. The molecule has 1 amide bonds. The molecule has 1 atom stereocenters. The zero-order valence-corrected chi connectivity index (χ0v) is 7.10. The summed E-state index contributed by atoms with van der Waals surface area (Å²) in [5.41, 5.74) is 0. The number of carbonyl (C=O) groups is 1. The van der Waals surface area contributed by atoms with E-state index in [4.69, 9.17) is 0 Å². The average molecular weight is 159 g/mol. The lowest BCUT2D eigenvalue weighted by Crippen LogP contribution is -2.48. The van der Waals surface area contributed by atoms with Crippen LogP contribution in [0.5, 0.6) is 0 Å². The van der Waals surface area contributed by atoms with Crippen molar-refractivity contribution < 1.29 is 4.79 Å². The first kappa shape index (κ1) is 7.92. The van der Waals surface area contributed by atoms with Crippen LogP contribution in [0.15, 0.2) is 0 Å². The van der Waals surface area contributed by atoms with Gasteiger partial charge < -0.3 is 4.90 Å². The second-order valence-electron chi connectivity index (χ2n) is 2.71. The average Bonchev–Trinajstić information content (AvgIpc) is 1.78. The molecule has 1 saturated heterocycles. The van der Waals surface area contributed by atoms with Crippen LogP contribution in [0.3, 0.4) is 0 Å². The molecule has 1 aliphatic heterocycles. The van der Waals surface area contributed by atoms with Crippen LogP contribution in [-0.2, 0) is 0 Å². The zero-order valence-electron chi connectivity index (χ0n) is 6.21. The Labute approximate surface area is 67.0 Å². The minimum Gasteiger partial charge on any atom is -0.331 e. The van der Waals surface area contributed by atoms with Gasteiger partial charge >= 0.3 is 0 Å². The second-order valence-corrected chi connectivity index (χ2v) is 3.09. The molecule has 1 aliphatic rings. The van der Waals surface area contributed by atoms with Gasteiger partial charge in [0.15, 0.2) is 0 Å². The van der Waals surface area contributed by atoms with E-state index in [1.54, 1.807) is 0 Å². The summed E-state index contributed by atoms with van der Waals surface area (Å²) < 4.78 is 0. The van der Waals surface area contributed by atoms with Crippen molar-refractivity contribution in [1.29, 1.82) is 0 Å². The number of hydrogen-bond acceptors (Lipinski definition) is 1. The molecule has 0 bridgehead atoms. The molecule has 0 saturated carbocycles. The van der Waals surface area contributed by atoms with E-state index in [-0.39, 0.29) is 5.24 Å². The molecule has 10 heavy (non-hydrogen) atoms. The lowest BCUT2D eigenvalue weighted by molar-refractivity contribution is 0.128. The molecule has 0 aliphatic carbocycles. The third kappa shape index (κ3) is 1.45. The molecule has 0 aromatic heterocycles. The predicted octanol–water partition coefficient (Wildman–Crippen LogP) is 1.91. The van der Waals surface area contributed by atoms with Gasteiger partial charge in [0, 0.05) is 12.6 Å². The number of nitrogens with zero attached hydrogens (tertiary/aromatic N) is 1. The molecule has 58 valence electrons. The molecule has 0 radical (unpaired) electrons. The van der Waals surface area contributed by atoms with Crippen molar-refractivity contribution in [3.63, 3.8) is 0 Å². The fourth-order valence-electron chi connectivity index (χ4n) is 1.33. The Kier molecular flexibility index (Phi) is 2.60. The van der Waals surface area contributed by atoms with Gasteiger partial charge in [0.25, 0.3) is 5.24 Å². The fraction of sp³-hybridized carbons (Fsp3) is 0.857. The van der Waals surface area contributed by atoms with Gasteiger partial charge in [-0.3, -0.25) is 4.79 Å². The van der Waals surface area contributed by atoms with Gasteiger partial charge in [-0.05, 0) is 12.8 Å². The van der Waals surface area contributed by atoms with Crippen LogP contribution >= 0.6 is 12.6 Å². The molecule has 3 heteroatoms. The number of thiol groups is 1. The molecule has 2 nitrogen and oxygen atoms in total. The quantitative estimate of drug-likeness (QED) is 0.610. The lowest BCUT2D eigenvalue weighted by atomic mass is 10.00.